The summed E-state index contributed by atoms with van der Waals surface area (Å²) in [6.07, 6.45) is 2.35. The number of hydrogen-bond donors (Lipinski definition) is 0. The van der Waals surface area contributed by atoms with Crippen LogP contribution in [0.15, 0.2) is 29.8 Å². The van der Waals surface area contributed by atoms with Crippen molar-refractivity contribution in [2.24, 2.45) is 0 Å². The maximum absolute atomic E-state index is 11.3. The van der Waals surface area contributed by atoms with Crippen molar-refractivity contribution in [3.63, 3.8) is 0 Å². The van der Waals surface area contributed by atoms with Crippen LogP contribution in [0.25, 0.3) is 6.08 Å². The second-order valence-electron chi connectivity index (χ2n) is 3.67. The molecular formula is C13H12O4. The molecule has 88 valence electrons. The molecule has 1 aliphatic heterocycles. The minimum Gasteiger partial charge on any atom is -0.465 e. The van der Waals surface area contributed by atoms with E-state index in [-0.39, 0.29) is 11.9 Å². The van der Waals surface area contributed by atoms with Gasteiger partial charge >= 0.3 is 11.9 Å². The number of rotatable bonds is 2. The van der Waals surface area contributed by atoms with Crippen LogP contribution in [0.1, 0.15) is 22.3 Å². The van der Waals surface area contributed by atoms with Gasteiger partial charge in [-0.3, -0.25) is 0 Å². The molecular weight excluding hydrogens is 220 g/mol. The Morgan fingerprint density at radius 2 is 2.29 bits per heavy atom. The molecule has 0 spiro atoms. The summed E-state index contributed by atoms with van der Waals surface area (Å²) in [5.74, 6) is -0.673. The summed E-state index contributed by atoms with van der Waals surface area (Å²) in [4.78, 5) is 22.6. The first-order chi connectivity index (χ1) is 8.20. The van der Waals surface area contributed by atoms with Crippen molar-refractivity contribution >= 4 is 18.0 Å². The fourth-order valence-corrected chi connectivity index (χ4v) is 1.65. The Bertz CT molecular complexity index is 488. The maximum Gasteiger partial charge on any atom is 0.337 e. The van der Waals surface area contributed by atoms with Crippen LogP contribution in [-0.4, -0.2) is 25.7 Å². The second-order valence-corrected chi connectivity index (χ2v) is 3.67. The Kier molecular flexibility index (Phi) is 3.23. The lowest BCUT2D eigenvalue weighted by atomic mass is 10.1. The summed E-state index contributed by atoms with van der Waals surface area (Å²) in [7, 11) is 1.34. The van der Waals surface area contributed by atoms with Crippen LogP contribution in [-0.2, 0) is 14.3 Å². The zero-order chi connectivity index (χ0) is 12.3. The van der Waals surface area contributed by atoms with Crippen molar-refractivity contribution in [2.75, 3.05) is 13.7 Å². The third kappa shape index (κ3) is 2.53. The highest BCUT2D eigenvalue weighted by molar-refractivity contribution is 5.96. The van der Waals surface area contributed by atoms with E-state index < -0.39 is 0 Å². The monoisotopic (exact) mass is 232 g/mol. The molecule has 1 aliphatic rings. The number of carbonyl (C=O) groups excluding carboxylic acids is 2. The number of benzene rings is 1. The van der Waals surface area contributed by atoms with Crippen LogP contribution in [0.2, 0.25) is 0 Å². The molecule has 0 amide bonds. The van der Waals surface area contributed by atoms with E-state index in [4.69, 9.17) is 4.74 Å². The third-order valence-corrected chi connectivity index (χ3v) is 2.52. The van der Waals surface area contributed by atoms with Gasteiger partial charge in [0.15, 0.2) is 0 Å². The normalized spacial score (nSPS) is 17.0. The molecule has 0 bridgehead atoms. The molecule has 0 unspecified atom stereocenters. The minimum atomic E-state index is -0.390. The van der Waals surface area contributed by atoms with Gasteiger partial charge in [-0.05, 0) is 23.8 Å². The number of ether oxygens (including phenoxy) is 2. The van der Waals surface area contributed by atoms with E-state index in [1.165, 1.54) is 7.11 Å². The predicted octanol–water partition coefficient (Wildman–Crippen LogP) is 1.80. The van der Waals surface area contributed by atoms with Crippen LogP contribution in [0.4, 0.5) is 0 Å². The lowest BCUT2D eigenvalue weighted by Gasteiger charge is -2.00. The Hall–Kier alpha value is -2.10. The zero-order valence-electron chi connectivity index (χ0n) is 9.43. The van der Waals surface area contributed by atoms with Gasteiger partial charge in [0.2, 0.25) is 0 Å². The van der Waals surface area contributed by atoms with Crippen molar-refractivity contribution < 1.29 is 19.1 Å². The lowest BCUT2D eigenvalue weighted by molar-refractivity contribution is -0.134. The van der Waals surface area contributed by atoms with E-state index in [0.717, 1.165) is 5.56 Å². The zero-order valence-corrected chi connectivity index (χ0v) is 9.43. The van der Waals surface area contributed by atoms with Crippen LogP contribution in [0, 0.1) is 0 Å². The van der Waals surface area contributed by atoms with Crippen molar-refractivity contribution in [3.8, 4) is 0 Å². The van der Waals surface area contributed by atoms with E-state index in [9.17, 15) is 9.59 Å². The lowest BCUT2D eigenvalue weighted by Crippen LogP contribution is -2.01. The molecule has 0 N–H and O–H groups in total. The molecule has 1 aromatic rings. The Balaban J connectivity index is 2.28. The van der Waals surface area contributed by atoms with Crippen LogP contribution in [0.3, 0.4) is 0 Å². The van der Waals surface area contributed by atoms with Crippen LogP contribution < -0.4 is 0 Å². The summed E-state index contributed by atoms with van der Waals surface area (Å²) in [5.41, 5.74) is 1.89. The van der Waals surface area contributed by atoms with Gasteiger partial charge in [-0.25, -0.2) is 9.59 Å². The first-order valence-corrected chi connectivity index (χ1v) is 5.27. The molecule has 4 heteroatoms. The third-order valence-electron chi connectivity index (χ3n) is 2.52. The van der Waals surface area contributed by atoms with E-state index >= 15 is 0 Å². The quantitative estimate of drug-likeness (QED) is 0.576. The Morgan fingerprint density at radius 3 is 2.94 bits per heavy atom. The molecule has 1 fully saturated rings. The molecule has 0 radical (unpaired) electrons. The highest BCUT2D eigenvalue weighted by Crippen LogP contribution is 2.18. The summed E-state index contributed by atoms with van der Waals surface area (Å²) in [6.45, 7) is 0.432. The van der Waals surface area contributed by atoms with Crippen molar-refractivity contribution in [1.29, 1.82) is 0 Å². The molecule has 0 aromatic heterocycles. The minimum absolute atomic E-state index is 0.284. The first-order valence-electron chi connectivity index (χ1n) is 5.27. The average molecular weight is 232 g/mol. The standard InChI is InChI=1S/C13H12O4/c1-16-12(14)10-4-2-3-9(7-10)8-11-5-6-17-13(11)15/h2-4,7-8H,5-6H2,1H3/b11-8-. The highest BCUT2D eigenvalue weighted by atomic mass is 16.5. The molecule has 1 heterocycles. The van der Waals surface area contributed by atoms with Crippen molar-refractivity contribution in [3.05, 3.63) is 41.0 Å². The topological polar surface area (TPSA) is 52.6 Å². The molecule has 17 heavy (non-hydrogen) atoms. The molecule has 0 atom stereocenters. The van der Waals surface area contributed by atoms with Crippen LogP contribution in [0.5, 0.6) is 0 Å². The van der Waals surface area contributed by atoms with Gasteiger partial charge in [0, 0.05) is 12.0 Å². The van der Waals surface area contributed by atoms with Gasteiger partial charge in [-0.15, -0.1) is 0 Å². The molecule has 0 aliphatic carbocycles. The molecule has 0 saturated carbocycles. The van der Waals surface area contributed by atoms with E-state index in [1.54, 1.807) is 24.3 Å². The summed E-state index contributed by atoms with van der Waals surface area (Å²) in [5, 5.41) is 0. The van der Waals surface area contributed by atoms with Gasteiger partial charge in [0.1, 0.15) is 0 Å². The number of hydrogen-bond acceptors (Lipinski definition) is 4. The molecule has 1 aromatic carbocycles. The predicted molar refractivity (Wildman–Crippen MR) is 61.3 cm³/mol. The molecule has 1 saturated heterocycles. The molecule has 4 nitrogen and oxygen atoms in total. The van der Waals surface area contributed by atoms with E-state index in [0.29, 0.717) is 24.2 Å². The van der Waals surface area contributed by atoms with Gasteiger partial charge in [0.25, 0.3) is 0 Å². The first kappa shape index (κ1) is 11.4. The summed E-state index contributed by atoms with van der Waals surface area (Å²) < 4.78 is 9.47. The van der Waals surface area contributed by atoms with Crippen LogP contribution >= 0.6 is 0 Å². The fourth-order valence-electron chi connectivity index (χ4n) is 1.65. The molecule has 2 rings (SSSR count). The smallest absolute Gasteiger partial charge is 0.337 e. The van der Waals surface area contributed by atoms with Gasteiger partial charge in [-0.2, -0.15) is 0 Å². The van der Waals surface area contributed by atoms with Gasteiger partial charge < -0.3 is 9.47 Å². The SMILES string of the molecule is COC(=O)c1cccc(/C=C2/CCOC2=O)c1. The number of carbonyl (C=O) groups is 2. The van der Waals surface area contributed by atoms with E-state index in [1.807, 2.05) is 6.07 Å². The number of esters is 2. The summed E-state index contributed by atoms with van der Waals surface area (Å²) in [6, 6.07) is 6.93. The van der Waals surface area contributed by atoms with Crippen molar-refractivity contribution in [2.45, 2.75) is 6.42 Å². The summed E-state index contributed by atoms with van der Waals surface area (Å²) >= 11 is 0. The second kappa shape index (κ2) is 4.82. The number of methoxy groups -OCH3 is 1. The van der Waals surface area contributed by atoms with Gasteiger partial charge in [-0.1, -0.05) is 12.1 Å². The highest BCUT2D eigenvalue weighted by Gasteiger charge is 2.18. The largest absolute Gasteiger partial charge is 0.465 e. The Morgan fingerprint density at radius 1 is 1.47 bits per heavy atom. The average Bonchev–Trinajstić information content (AvgIpc) is 2.74. The number of cyclic esters (lactones) is 1. The van der Waals surface area contributed by atoms with E-state index in [2.05, 4.69) is 4.74 Å². The maximum atomic E-state index is 11.3. The van der Waals surface area contributed by atoms with Gasteiger partial charge in [0.05, 0.1) is 19.3 Å². The Labute approximate surface area is 98.8 Å². The fraction of sp³-hybridized carbons (Fsp3) is 0.231. The van der Waals surface area contributed by atoms with Crippen molar-refractivity contribution in [1.82, 2.24) is 0 Å².